The summed E-state index contributed by atoms with van der Waals surface area (Å²) < 4.78 is 23.3. The van der Waals surface area contributed by atoms with E-state index in [9.17, 15) is 9.90 Å². The average Bonchev–Trinajstić information content (AvgIpc) is 3.47. The van der Waals surface area contributed by atoms with E-state index in [1.54, 1.807) is 10.7 Å². The number of nitrogens with zero attached hydrogens (tertiary/aromatic N) is 3. The molecule has 0 spiro atoms. The number of benzene rings is 3. The highest BCUT2D eigenvalue weighted by molar-refractivity contribution is 5.78. The fourth-order valence-corrected chi connectivity index (χ4v) is 5.92. The molecule has 1 aromatic heterocycles. The lowest BCUT2D eigenvalue weighted by atomic mass is 9.89. The average molecular weight is 512 g/mol. The van der Waals surface area contributed by atoms with Crippen LogP contribution in [-0.4, -0.2) is 25.8 Å². The number of carboxylic acid groups (broad SMARTS) is 1. The van der Waals surface area contributed by atoms with Crippen LogP contribution in [-0.2, 0) is 18.3 Å². The first kappa shape index (κ1) is 24.3. The molecule has 0 aliphatic heterocycles. The lowest BCUT2D eigenvalue weighted by Crippen LogP contribution is -2.06. The minimum Gasteiger partial charge on any atom is -0.486 e. The monoisotopic (exact) mass is 511 g/mol. The minimum atomic E-state index is -0.743. The summed E-state index contributed by atoms with van der Waals surface area (Å²) in [6, 6.07) is 15.2. The number of aryl methyl sites for hydroxylation is 4. The number of rotatable bonds is 6. The third-order valence-corrected chi connectivity index (χ3v) is 8.02. The van der Waals surface area contributed by atoms with Crippen molar-refractivity contribution in [2.75, 3.05) is 0 Å². The van der Waals surface area contributed by atoms with Crippen molar-refractivity contribution in [1.82, 2.24) is 14.8 Å². The second kappa shape index (κ2) is 9.08. The molecule has 0 saturated heterocycles. The van der Waals surface area contributed by atoms with Gasteiger partial charge in [-0.3, -0.25) is 9.48 Å². The molecule has 2 aliphatic rings. The van der Waals surface area contributed by atoms with Crippen molar-refractivity contribution in [1.29, 1.82) is 0 Å². The molecule has 6 rings (SSSR count). The van der Waals surface area contributed by atoms with Crippen LogP contribution >= 0.6 is 0 Å². The second-order valence-electron chi connectivity index (χ2n) is 10.6. The Morgan fingerprint density at radius 3 is 2.39 bits per heavy atom. The zero-order valence-electron chi connectivity index (χ0n) is 22.0. The Morgan fingerprint density at radius 2 is 1.79 bits per heavy atom. The lowest BCUT2D eigenvalue weighted by Gasteiger charge is -2.19. The minimum absolute atomic E-state index is 0.0732. The Labute approximate surface area is 221 Å². The molecular formula is C31H30FN3O3. The number of carboxylic acids is 1. The second-order valence-corrected chi connectivity index (χ2v) is 10.6. The number of hydrogen-bond donors (Lipinski definition) is 1. The van der Waals surface area contributed by atoms with Crippen LogP contribution in [0.2, 0.25) is 0 Å². The SMILES string of the molecule is Cc1cc(-c2nc(C)n(C)n2)cc(C)c1-c1ccc(F)c2c1CCC2Oc1ccc(C2C[C@@H]2C(=O)O)cc1. The number of ether oxygens (including phenoxy) is 1. The molecule has 0 radical (unpaired) electrons. The fourth-order valence-electron chi connectivity index (χ4n) is 5.92. The zero-order chi connectivity index (χ0) is 26.7. The predicted molar refractivity (Wildman–Crippen MR) is 143 cm³/mol. The van der Waals surface area contributed by atoms with E-state index in [1.807, 2.05) is 44.3 Å². The van der Waals surface area contributed by atoms with Gasteiger partial charge in [0.1, 0.15) is 23.5 Å². The van der Waals surface area contributed by atoms with Crippen LogP contribution in [0.25, 0.3) is 22.5 Å². The number of carbonyl (C=O) groups is 1. The summed E-state index contributed by atoms with van der Waals surface area (Å²) in [4.78, 5) is 15.8. The zero-order valence-corrected chi connectivity index (χ0v) is 22.0. The molecule has 1 N–H and O–H groups in total. The highest BCUT2D eigenvalue weighted by atomic mass is 19.1. The molecule has 3 atom stereocenters. The summed E-state index contributed by atoms with van der Waals surface area (Å²) in [6.07, 6.45) is 1.73. The molecule has 1 fully saturated rings. The molecule has 2 unspecified atom stereocenters. The van der Waals surface area contributed by atoms with Gasteiger partial charge in [-0.05, 0) is 110 Å². The largest absolute Gasteiger partial charge is 0.486 e. The van der Waals surface area contributed by atoms with E-state index < -0.39 is 5.97 Å². The van der Waals surface area contributed by atoms with E-state index in [-0.39, 0.29) is 23.8 Å². The van der Waals surface area contributed by atoms with Gasteiger partial charge in [-0.2, -0.15) is 5.10 Å². The molecule has 6 nitrogen and oxygen atoms in total. The Bertz CT molecular complexity index is 1530. The van der Waals surface area contributed by atoms with Crippen LogP contribution in [0, 0.1) is 32.5 Å². The van der Waals surface area contributed by atoms with E-state index in [1.165, 1.54) is 0 Å². The van der Waals surface area contributed by atoms with Crippen molar-refractivity contribution in [2.45, 2.75) is 52.1 Å². The summed E-state index contributed by atoms with van der Waals surface area (Å²) in [5.41, 5.74) is 7.96. The van der Waals surface area contributed by atoms with Crippen molar-refractivity contribution in [2.24, 2.45) is 13.0 Å². The lowest BCUT2D eigenvalue weighted by molar-refractivity contribution is -0.138. The van der Waals surface area contributed by atoms with Gasteiger partial charge in [-0.15, -0.1) is 0 Å². The van der Waals surface area contributed by atoms with Gasteiger partial charge in [-0.1, -0.05) is 18.2 Å². The predicted octanol–water partition coefficient (Wildman–Crippen LogP) is 6.47. The van der Waals surface area contributed by atoms with Crippen molar-refractivity contribution in [3.8, 4) is 28.3 Å². The Morgan fingerprint density at radius 1 is 1.08 bits per heavy atom. The van der Waals surface area contributed by atoms with Gasteiger partial charge >= 0.3 is 5.97 Å². The number of hydrogen-bond acceptors (Lipinski definition) is 4. The van der Waals surface area contributed by atoms with E-state index in [0.717, 1.165) is 51.2 Å². The molecule has 0 amide bonds. The molecule has 38 heavy (non-hydrogen) atoms. The Hall–Kier alpha value is -4.00. The number of aliphatic carboxylic acids is 1. The molecule has 194 valence electrons. The van der Waals surface area contributed by atoms with Gasteiger partial charge in [0.25, 0.3) is 0 Å². The maximum atomic E-state index is 15.2. The van der Waals surface area contributed by atoms with Crippen molar-refractivity contribution < 1.29 is 19.0 Å². The first-order valence-electron chi connectivity index (χ1n) is 13.0. The standard InChI is InChI=1S/C31H30FN3O3/c1-16-13-20(30-33-18(3)35(4)34-30)14-17(2)28(16)22-9-11-26(32)29-23(22)10-12-27(29)38-21-7-5-19(6-8-21)24-15-25(24)31(36)37/h5-9,11,13-14,24-25,27H,10,12,15H2,1-4H3,(H,36,37)/t24?,25-,27?/m0/s1. The van der Waals surface area contributed by atoms with Crippen LogP contribution < -0.4 is 4.74 Å². The van der Waals surface area contributed by atoms with Crippen molar-refractivity contribution >= 4 is 5.97 Å². The fraction of sp³-hybridized carbons (Fsp3) is 0.323. The maximum Gasteiger partial charge on any atom is 0.307 e. The van der Waals surface area contributed by atoms with Gasteiger partial charge in [0.2, 0.25) is 0 Å². The third kappa shape index (κ3) is 4.16. The van der Waals surface area contributed by atoms with E-state index >= 15 is 4.39 Å². The van der Waals surface area contributed by atoms with Crippen LogP contribution in [0.5, 0.6) is 5.75 Å². The topological polar surface area (TPSA) is 77.2 Å². The quantitative estimate of drug-likeness (QED) is 0.321. The van der Waals surface area contributed by atoms with Gasteiger partial charge in [0.05, 0.1) is 5.92 Å². The summed E-state index contributed by atoms with van der Waals surface area (Å²) in [7, 11) is 1.89. The number of fused-ring (bicyclic) bond motifs is 1. The third-order valence-electron chi connectivity index (χ3n) is 8.02. The summed E-state index contributed by atoms with van der Waals surface area (Å²) in [5, 5.41) is 13.7. The number of halogens is 1. The molecule has 1 heterocycles. The summed E-state index contributed by atoms with van der Waals surface area (Å²) in [5.74, 6) is 1.02. The molecule has 0 bridgehead atoms. The van der Waals surface area contributed by atoms with E-state index in [2.05, 4.69) is 36.1 Å². The van der Waals surface area contributed by atoms with Gasteiger partial charge in [-0.25, -0.2) is 9.37 Å². The number of aromatic nitrogens is 3. The molecule has 7 heteroatoms. The first-order chi connectivity index (χ1) is 18.2. The van der Waals surface area contributed by atoms with Crippen LogP contribution in [0.1, 0.15) is 58.5 Å². The van der Waals surface area contributed by atoms with Crippen LogP contribution in [0.4, 0.5) is 4.39 Å². The van der Waals surface area contributed by atoms with Crippen molar-refractivity contribution in [3.05, 3.63) is 88.0 Å². The van der Waals surface area contributed by atoms with Gasteiger partial charge < -0.3 is 9.84 Å². The molecule has 4 aromatic rings. The Kier molecular flexibility index (Phi) is 5.82. The van der Waals surface area contributed by atoms with Crippen molar-refractivity contribution in [3.63, 3.8) is 0 Å². The highest BCUT2D eigenvalue weighted by Crippen LogP contribution is 2.48. The molecule has 3 aromatic carbocycles. The van der Waals surface area contributed by atoms with Gasteiger partial charge in [0, 0.05) is 18.2 Å². The molecule has 2 aliphatic carbocycles. The highest BCUT2D eigenvalue weighted by Gasteiger charge is 2.44. The molecule has 1 saturated carbocycles. The van der Waals surface area contributed by atoms with E-state index in [4.69, 9.17) is 4.74 Å². The first-order valence-corrected chi connectivity index (χ1v) is 13.0. The Balaban J connectivity index is 1.29. The van der Waals surface area contributed by atoms with Gasteiger partial charge in [0.15, 0.2) is 5.82 Å². The van der Waals surface area contributed by atoms with Crippen LogP contribution in [0.3, 0.4) is 0 Å². The summed E-state index contributed by atoms with van der Waals surface area (Å²) >= 11 is 0. The van der Waals surface area contributed by atoms with E-state index in [0.29, 0.717) is 30.0 Å². The summed E-state index contributed by atoms with van der Waals surface area (Å²) in [6.45, 7) is 6.09. The smallest absolute Gasteiger partial charge is 0.307 e. The van der Waals surface area contributed by atoms with Crippen LogP contribution in [0.15, 0.2) is 48.5 Å². The normalized spacial score (nSPS) is 19.9. The molecular weight excluding hydrogens is 481 g/mol. The maximum absolute atomic E-state index is 15.2.